The second-order valence-electron chi connectivity index (χ2n) is 7.07. The fourth-order valence-corrected chi connectivity index (χ4v) is 2.94. The Morgan fingerprint density at radius 1 is 0.652 bits per heavy atom. The van der Waals surface area contributed by atoms with Crippen molar-refractivity contribution in [2.24, 2.45) is 5.73 Å². The molecule has 0 rings (SSSR count). The number of allylic oxidation sites excluding steroid dienone is 2. The maximum Gasteiger partial charge on any atom is 0.0512 e. The molecule has 0 bridgehead atoms. The minimum Gasteiger partial charge on any atom is -0.393 e. The van der Waals surface area contributed by atoms with E-state index >= 15 is 0 Å². The molecule has 0 aromatic rings. The molecule has 0 saturated heterocycles. The number of nitrogens with two attached hydrogens (primary N) is 1. The molecule has 0 fully saturated rings. The summed E-state index contributed by atoms with van der Waals surface area (Å²) in [5.41, 5.74) is 5.49. The van der Waals surface area contributed by atoms with Gasteiger partial charge in [-0.25, -0.2) is 0 Å². The monoisotopic (exact) mass is 325 g/mol. The Bertz CT molecular complexity index is 238. The smallest absolute Gasteiger partial charge is 0.0512 e. The third-order valence-electron chi connectivity index (χ3n) is 4.48. The van der Waals surface area contributed by atoms with Crippen LogP contribution in [-0.2, 0) is 0 Å². The Morgan fingerprint density at radius 3 is 1.48 bits per heavy atom. The molecule has 0 amide bonds. The van der Waals surface area contributed by atoms with Gasteiger partial charge in [0.2, 0.25) is 0 Å². The van der Waals surface area contributed by atoms with E-state index in [2.05, 4.69) is 12.2 Å². The Morgan fingerprint density at radius 2 is 1.04 bits per heavy atom. The Hall–Kier alpha value is -0.340. The average molecular weight is 326 g/mol. The molecule has 138 valence electrons. The second-order valence-corrected chi connectivity index (χ2v) is 7.07. The summed E-state index contributed by atoms with van der Waals surface area (Å²) in [5, 5.41) is 9.18. The van der Waals surface area contributed by atoms with Crippen LogP contribution in [0.4, 0.5) is 0 Å². The molecule has 0 aliphatic heterocycles. The van der Waals surface area contributed by atoms with E-state index in [9.17, 15) is 5.11 Å². The first kappa shape index (κ1) is 22.7. The lowest BCUT2D eigenvalue weighted by Crippen LogP contribution is -1.98. The van der Waals surface area contributed by atoms with E-state index in [0.29, 0.717) is 0 Å². The van der Waals surface area contributed by atoms with Gasteiger partial charge in [-0.05, 0) is 52.0 Å². The highest BCUT2D eigenvalue weighted by atomic mass is 16.3. The van der Waals surface area contributed by atoms with Crippen LogP contribution in [0.25, 0.3) is 0 Å². The van der Waals surface area contributed by atoms with Crippen molar-refractivity contribution < 1.29 is 5.11 Å². The van der Waals surface area contributed by atoms with E-state index in [1.54, 1.807) is 0 Å². The molecule has 23 heavy (non-hydrogen) atoms. The van der Waals surface area contributed by atoms with Crippen LogP contribution in [0.5, 0.6) is 0 Å². The van der Waals surface area contributed by atoms with E-state index in [0.717, 1.165) is 13.0 Å². The maximum absolute atomic E-state index is 9.18. The van der Waals surface area contributed by atoms with Crippen LogP contribution in [0, 0.1) is 0 Å². The van der Waals surface area contributed by atoms with Crippen LogP contribution in [0.15, 0.2) is 12.2 Å². The molecular weight excluding hydrogens is 282 g/mol. The molecule has 2 nitrogen and oxygen atoms in total. The number of aliphatic hydroxyl groups is 1. The van der Waals surface area contributed by atoms with Crippen molar-refractivity contribution in [2.45, 2.75) is 116 Å². The van der Waals surface area contributed by atoms with Crippen molar-refractivity contribution in [3.63, 3.8) is 0 Å². The summed E-state index contributed by atoms with van der Waals surface area (Å²) in [6.07, 6.45) is 25.4. The van der Waals surface area contributed by atoms with E-state index < -0.39 is 0 Å². The molecule has 3 N–H and O–H groups in total. The summed E-state index contributed by atoms with van der Waals surface area (Å²) in [6.45, 7) is 2.74. The van der Waals surface area contributed by atoms with Gasteiger partial charge >= 0.3 is 0 Å². The normalized spacial score (nSPS) is 13.0. The van der Waals surface area contributed by atoms with Gasteiger partial charge in [-0.3, -0.25) is 0 Å². The van der Waals surface area contributed by atoms with Crippen LogP contribution in [0.1, 0.15) is 110 Å². The average Bonchev–Trinajstić information content (AvgIpc) is 2.53. The van der Waals surface area contributed by atoms with Crippen molar-refractivity contribution in [2.75, 3.05) is 6.54 Å². The topological polar surface area (TPSA) is 46.2 Å². The number of aliphatic hydroxyl groups excluding tert-OH is 1. The van der Waals surface area contributed by atoms with E-state index in [1.807, 2.05) is 6.92 Å². The predicted molar refractivity (Wildman–Crippen MR) is 104 cm³/mol. The van der Waals surface area contributed by atoms with Crippen molar-refractivity contribution in [3.05, 3.63) is 12.2 Å². The zero-order valence-electron chi connectivity index (χ0n) is 15.8. The molecular formula is C21H43NO. The molecule has 0 aliphatic carbocycles. The molecule has 0 radical (unpaired) electrons. The zero-order valence-corrected chi connectivity index (χ0v) is 15.8. The number of hydrogen-bond acceptors (Lipinski definition) is 2. The van der Waals surface area contributed by atoms with Crippen LogP contribution >= 0.6 is 0 Å². The van der Waals surface area contributed by atoms with Crippen LogP contribution in [-0.4, -0.2) is 17.8 Å². The largest absolute Gasteiger partial charge is 0.393 e. The highest BCUT2D eigenvalue weighted by Crippen LogP contribution is 2.11. The number of unbranched alkanes of at least 4 members (excludes halogenated alkanes) is 13. The molecule has 0 aromatic carbocycles. The molecule has 0 aliphatic rings. The highest BCUT2D eigenvalue weighted by Gasteiger charge is 1.95. The van der Waals surface area contributed by atoms with E-state index in [1.165, 1.54) is 96.3 Å². The highest BCUT2D eigenvalue weighted by molar-refractivity contribution is 4.81. The van der Waals surface area contributed by atoms with E-state index in [4.69, 9.17) is 5.73 Å². The Balaban J connectivity index is 3.06. The van der Waals surface area contributed by atoms with Crippen molar-refractivity contribution >= 4 is 0 Å². The van der Waals surface area contributed by atoms with Gasteiger partial charge in [0.05, 0.1) is 6.10 Å². The lowest BCUT2D eigenvalue weighted by Gasteiger charge is -2.03. The number of hydrogen-bond donors (Lipinski definition) is 2. The lowest BCUT2D eigenvalue weighted by molar-refractivity contribution is 0.180. The third-order valence-corrected chi connectivity index (χ3v) is 4.48. The summed E-state index contributed by atoms with van der Waals surface area (Å²) in [5.74, 6) is 0. The summed E-state index contributed by atoms with van der Waals surface area (Å²) in [4.78, 5) is 0. The lowest BCUT2D eigenvalue weighted by atomic mass is 10.1. The van der Waals surface area contributed by atoms with Crippen LogP contribution < -0.4 is 5.73 Å². The van der Waals surface area contributed by atoms with Gasteiger partial charge in [-0.2, -0.15) is 0 Å². The molecule has 1 atom stereocenters. The Kier molecular flexibility index (Phi) is 19.4. The molecule has 2 heteroatoms. The summed E-state index contributed by atoms with van der Waals surface area (Å²) in [7, 11) is 0. The zero-order chi connectivity index (χ0) is 17.0. The van der Waals surface area contributed by atoms with Crippen molar-refractivity contribution in [1.29, 1.82) is 0 Å². The van der Waals surface area contributed by atoms with Crippen LogP contribution in [0.2, 0.25) is 0 Å². The summed E-state index contributed by atoms with van der Waals surface area (Å²) in [6, 6.07) is 0. The second kappa shape index (κ2) is 19.7. The minimum atomic E-state index is -0.113. The minimum absolute atomic E-state index is 0.113. The SMILES string of the molecule is CC(O)CCCCCCCCCC=CCCCCCCCCN. The molecule has 0 spiro atoms. The predicted octanol–water partition coefficient (Wildman–Crippen LogP) is 6.12. The first-order valence-electron chi connectivity index (χ1n) is 10.3. The van der Waals surface area contributed by atoms with E-state index in [-0.39, 0.29) is 6.10 Å². The summed E-state index contributed by atoms with van der Waals surface area (Å²) >= 11 is 0. The van der Waals surface area contributed by atoms with Gasteiger partial charge in [0.15, 0.2) is 0 Å². The molecule has 0 saturated carbocycles. The maximum atomic E-state index is 9.18. The fourth-order valence-electron chi connectivity index (χ4n) is 2.94. The van der Waals surface area contributed by atoms with Gasteiger partial charge < -0.3 is 10.8 Å². The van der Waals surface area contributed by atoms with Gasteiger partial charge in [-0.15, -0.1) is 0 Å². The van der Waals surface area contributed by atoms with Crippen molar-refractivity contribution in [3.8, 4) is 0 Å². The van der Waals surface area contributed by atoms with Gasteiger partial charge in [0.25, 0.3) is 0 Å². The first-order chi connectivity index (χ1) is 11.3. The van der Waals surface area contributed by atoms with Crippen molar-refractivity contribution in [1.82, 2.24) is 0 Å². The van der Waals surface area contributed by atoms with Gasteiger partial charge in [0, 0.05) is 0 Å². The fraction of sp³-hybridized carbons (Fsp3) is 0.905. The molecule has 0 heterocycles. The first-order valence-corrected chi connectivity index (χ1v) is 10.3. The Labute approximate surface area is 145 Å². The standard InChI is InChI=1S/C21H43NO/c1-21(23)19-17-15-13-11-9-7-5-3-2-4-6-8-10-12-14-16-18-20-22/h2,4,21,23H,3,5-20,22H2,1H3. The number of rotatable bonds is 18. The third kappa shape index (κ3) is 21.7. The van der Waals surface area contributed by atoms with Gasteiger partial charge in [-0.1, -0.05) is 76.4 Å². The molecule has 0 aromatic heterocycles. The summed E-state index contributed by atoms with van der Waals surface area (Å²) < 4.78 is 0. The van der Waals surface area contributed by atoms with Gasteiger partial charge in [0.1, 0.15) is 0 Å². The quantitative estimate of drug-likeness (QED) is 0.235. The molecule has 1 unspecified atom stereocenters. The van der Waals surface area contributed by atoms with Crippen LogP contribution in [0.3, 0.4) is 0 Å².